The van der Waals surface area contributed by atoms with Crippen molar-refractivity contribution < 1.29 is 61.3 Å². The first-order valence-electron chi connectivity index (χ1n) is 17.0. The largest absolute Gasteiger partial charge is 0.460 e. The Morgan fingerprint density at radius 1 is 0.404 bits per heavy atom. The van der Waals surface area contributed by atoms with Crippen molar-refractivity contribution >= 4 is 14.3 Å². The Kier molecular flexibility index (Phi) is 29.6. The second-order valence-electron chi connectivity index (χ2n) is 13.1. The van der Waals surface area contributed by atoms with Gasteiger partial charge in [-0.1, -0.05) is 20.8 Å². The summed E-state index contributed by atoms with van der Waals surface area (Å²) in [6.07, 6.45) is 0.233. The molecule has 0 saturated heterocycles. The summed E-state index contributed by atoms with van der Waals surface area (Å²) in [6.45, 7) is 27.2. The fourth-order valence-electron chi connectivity index (χ4n) is 3.20. The first-order valence-corrected chi connectivity index (χ1v) is 19.9. The molecule has 0 saturated carbocycles. The highest BCUT2D eigenvalue weighted by molar-refractivity contribution is 6.74. The van der Waals surface area contributed by atoms with Crippen molar-refractivity contribution in [3.63, 3.8) is 0 Å². The van der Waals surface area contributed by atoms with Crippen molar-refractivity contribution in [2.45, 2.75) is 71.7 Å². The van der Waals surface area contributed by atoms with Gasteiger partial charge in [-0.3, -0.25) is 4.79 Å². The summed E-state index contributed by atoms with van der Waals surface area (Å²) in [4.78, 5) is 11.6. The molecule has 47 heavy (non-hydrogen) atoms. The van der Waals surface area contributed by atoms with E-state index in [-0.39, 0.29) is 17.4 Å². The van der Waals surface area contributed by atoms with Gasteiger partial charge < -0.3 is 56.5 Å². The van der Waals surface area contributed by atoms with Gasteiger partial charge in [-0.15, -0.1) is 0 Å². The fourth-order valence-corrected chi connectivity index (χ4v) is 4.23. The Hall–Kier alpha value is -0.753. The van der Waals surface area contributed by atoms with Gasteiger partial charge in [0, 0.05) is 0 Å². The summed E-state index contributed by atoms with van der Waals surface area (Å²) in [5.74, 6) is -0.263. The van der Waals surface area contributed by atoms with E-state index in [4.69, 9.17) is 56.5 Å². The number of ether oxygens (including phenoxy) is 11. The minimum Gasteiger partial charge on any atom is -0.460 e. The zero-order chi connectivity index (χ0) is 35.1. The van der Waals surface area contributed by atoms with E-state index in [1.165, 1.54) is 0 Å². The van der Waals surface area contributed by atoms with E-state index in [1.807, 2.05) is 20.8 Å². The third-order valence-corrected chi connectivity index (χ3v) is 11.3. The van der Waals surface area contributed by atoms with E-state index in [0.717, 1.165) is 0 Å². The van der Waals surface area contributed by atoms with Gasteiger partial charge in [0.1, 0.15) is 5.60 Å². The summed E-state index contributed by atoms with van der Waals surface area (Å²) in [6, 6.07) is 0. The van der Waals surface area contributed by atoms with Gasteiger partial charge in [-0.2, -0.15) is 0 Å². The number of esters is 1. The number of rotatable bonds is 34. The predicted molar refractivity (Wildman–Crippen MR) is 182 cm³/mol. The van der Waals surface area contributed by atoms with Crippen LogP contribution < -0.4 is 0 Å². The van der Waals surface area contributed by atoms with Gasteiger partial charge in [-0.05, 0) is 38.9 Å². The standard InChI is InChI=1S/C33H68O13Si/c1-32(2,3)46-31(34)9-10-35-11-12-36-13-14-37-15-16-38-17-18-39-19-20-40-21-22-41-23-24-42-25-26-43-27-28-44-29-30-45-47(7,8)33(4,5)6/h9-30H2,1-8H3. The first kappa shape index (κ1) is 46.2. The molecule has 0 aromatic rings. The van der Waals surface area contributed by atoms with Crippen molar-refractivity contribution in [3.05, 3.63) is 0 Å². The highest BCUT2D eigenvalue weighted by Gasteiger charge is 2.36. The quantitative estimate of drug-likeness (QED) is 0.0548. The Balaban J connectivity index is 3.17. The molecule has 0 aromatic carbocycles. The van der Waals surface area contributed by atoms with E-state index in [1.54, 1.807) is 0 Å². The SMILES string of the molecule is CC(C)(C)OC(=O)CCOCCOCCOCCOCCOCCOCCOCCOCCOCCOCCO[Si](C)(C)C(C)(C)C. The molecule has 0 aromatic heterocycles. The highest BCUT2D eigenvalue weighted by atomic mass is 28.4. The lowest BCUT2D eigenvalue weighted by atomic mass is 10.2. The van der Waals surface area contributed by atoms with Crippen LogP contribution in [0.5, 0.6) is 0 Å². The van der Waals surface area contributed by atoms with Crippen molar-refractivity contribution in [3.8, 4) is 0 Å². The summed E-state index contributed by atoms with van der Waals surface area (Å²) < 4.78 is 66.1. The first-order chi connectivity index (χ1) is 22.4. The summed E-state index contributed by atoms with van der Waals surface area (Å²) in [7, 11) is -1.70. The van der Waals surface area contributed by atoms with Gasteiger partial charge in [0.15, 0.2) is 8.32 Å². The van der Waals surface area contributed by atoms with Crippen LogP contribution in [0.2, 0.25) is 18.1 Å². The Morgan fingerprint density at radius 3 is 0.872 bits per heavy atom. The molecule has 0 atom stereocenters. The third-order valence-electron chi connectivity index (χ3n) is 6.72. The minimum absolute atomic E-state index is 0.214. The van der Waals surface area contributed by atoms with E-state index in [9.17, 15) is 4.79 Å². The fraction of sp³-hybridized carbons (Fsp3) is 0.970. The second kappa shape index (κ2) is 30.1. The maximum Gasteiger partial charge on any atom is 0.308 e. The lowest BCUT2D eigenvalue weighted by Gasteiger charge is -2.36. The lowest BCUT2D eigenvalue weighted by molar-refractivity contribution is -0.156. The van der Waals surface area contributed by atoms with Crippen LogP contribution in [0.1, 0.15) is 48.0 Å². The Morgan fingerprint density at radius 2 is 0.638 bits per heavy atom. The van der Waals surface area contributed by atoms with E-state index >= 15 is 0 Å². The lowest BCUT2D eigenvalue weighted by Crippen LogP contribution is -2.41. The molecular weight excluding hydrogens is 632 g/mol. The maximum absolute atomic E-state index is 11.6. The van der Waals surface area contributed by atoms with Gasteiger partial charge in [0.2, 0.25) is 0 Å². The monoisotopic (exact) mass is 700 g/mol. The molecule has 0 N–H and O–H groups in total. The van der Waals surface area contributed by atoms with E-state index in [2.05, 4.69) is 33.9 Å². The molecule has 0 spiro atoms. The molecule has 282 valence electrons. The van der Waals surface area contributed by atoms with Gasteiger partial charge >= 0.3 is 5.97 Å². The molecule has 14 heteroatoms. The Labute approximate surface area is 285 Å². The van der Waals surface area contributed by atoms with E-state index < -0.39 is 13.9 Å². The van der Waals surface area contributed by atoms with Crippen LogP contribution in [0.25, 0.3) is 0 Å². The summed E-state index contributed by atoms with van der Waals surface area (Å²) in [5.41, 5.74) is -0.472. The van der Waals surface area contributed by atoms with Gasteiger partial charge in [0.05, 0.1) is 145 Å². The van der Waals surface area contributed by atoms with Crippen molar-refractivity contribution in [2.75, 3.05) is 139 Å². The van der Waals surface area contributed by atoms with Gasteiger partial charge in [0.25, 0.3) is 0 Å². The number of carbonyl (C=O) groups excluding carboxylic acids is 1. The van der Waals surface area contributed by atoms with Crippen LogP contribution in [0.3, 0.4) is 0 Å². The second-order valence-corrected chi connectivity index (χ2v) is 17.9. The average Bonchev–Trinajstić information content (AvgIpc) is 2.98. The van der Waals surface area contributed by atoms with Crippen LogP contribution in [0.15, 0.2) is 0 Å². The molecule has 0 fully saturated rings. The predicted octanol–water partition coefficient (Wildman–Crippen LogP) is 3.91. The molecule has 0 rings (SSSR count). The molecule has 0 aliphatic rings. The molecule has 0 bridgehead atoms. The van der Waals surface area contributed by atoms with Crippen molar-refractivity contribution in [1.29, 1.82) is 0 Å². The van der Waals surface area contributed by atoms with Crippen LogP contribution in [0.4, 0.5) is 0 Å². The highest BCUT2D eigenvalue weighted by Crippen LogP contribution is 2.36. The number of carbonyl (C=O) groups is 1. The molecule has 0 aliphatic heterocycles. The van der Waals surface area contributed by atoms with Crippen LogP contribution in [-0.4, -0.2) is 159 Å². The molecule has 0 amide bonds. The number of hydrogen-bond acceptors (Lipinski definition) is 13. The van der Waals surface area contributed by atoms with Crippen LogP contribution in [0, 0.1) is 0 Å². The van der Waals surface area contributed by atoms with Gasteiger partial charge in [-0.25, -0.2) is 0 Å². The zero-order valence-corrected chi connectivity index (χ0v) is 31.9. The maximum atomic E-state index is 11.6. The van der Waals surface area contributed by atoms with Crippen LogP contribution in [-0.2, 0) is 61.3 Å². The molecule has 0 unspecified atom stereocenters. The summed E-state index contributed by atoms with van der Waals surface area (Å²) in [5, 5.41) is 0.214. The minimum atomic E-state index is -1.70. The zero-order valence-electron chi connectivity index (χ0n) is 30.9. The molecule has 0 radical (unpaired) electrons. The summed E-state index contributed by atoms with van der Waals surface area (Å²) >= 11 is 0. The van der Waals surface area contributed by atoms with Crippen LogP contribution >= 0.6 is 0 Å². The van der Waals surface area contributed by atoms with Crippen molar-refractivity contribution in [2.24, 2.45) is 0 Å². The normalized spacial score (nSPS) is 12.6. The molecular formula is C33H68O13Si. The van der Waals surface area contributed by atoms with Crippen molar-refractivity contribution in [1.82, 2.24) is 0 Å². The van der Waals surface area contributed by atoms with E-state index in [0.29, 0.717) is 139 Å². The smallest absolute Gasteiger partial charge is 0.308 e. The average molecular weight is 701 g/mol. The molecule has 13 nitrogen and oxygen atoms in total. The Bertz CT molecular complexity index is 699. The third kappa shape index (κ3) is 33.5. The molecule has 0 heterocycles. The molecule has 0 aliphatic carbocycles. The number of hydrogen-bond donors (Lipinski definition) is 0. The topological polar surface area (TPSA) is 128 Å².